The normalized spacial score (nSPS) is 13.1. The first-order chi connectivity index (χ1) is 13.0. The van der Waals surface area contributed by atoms with Crippen LogP contribution in [0.2, 0.25) is 0 Å². The number of carboxylic acid groups (broad SMARTS) is 1. The highest BCUT2D eigenvalue weighted by atomic mass is 16.4. The van der Waals surface area contributed by atoms with Gasteiger partial charge in [-0.15, -0.1) is 0 Å². The number of carbonyl (C=O) groups excluding carboxylic acids is 1. The number of fused-ring (bicyclic) bond motifs is 1. The standard InChI is InChI=1S/C20H19N3O4/c1-13(20(26)27)22-18(24)17(11-14-7-3-2-4-8-14)23-12-21-16-10-6-5-9-15(16)19(23)25/h2-10,12-13,17H,11H2,1H3,(H,22,24)(H,26,27)/t13-,17-/m0/s1. The van der Waals surface area contributed by atoms with Crippen molar-refractivity contribution in [1.29, 1.82) is 0 Å². The van der Waals surface area contributed by atoms with Gasteiger partial charge < -0.3 is 10.4 Å². The zero-order chi connectivity index (χ0) is 19.4. The third kappa shape index (κ3) is 4.03. The molecule has 7 heteroatoms. The number of hydrogen-bond acceptors (Lipinski definition) is 4. The summed E-state index contributed by atoms with van der Waals surface area (Å²) in [6, 6.07) is 14.1. The van der Waals surface area contributed by atoms with Gasteiger partial charge in [0, 0.05) is 6.42 Å². The second-order valence-corrected chi connectivity index (χ2v) is 6.25. The van der Waals surface area contributed by atoms with Crippen LogP contribution in [0.1, 0.15) is 18.5 Å². The van der Waals surface area contributed by atoms with Crippen LogP contribution in [0.4, 0.5) is 0 Å². The maximum Gasteiger partial charge on any atom is 0.325 e. The number of carbonyl (C=O) groups is 2. The van der Waals surface area contributed by atoms with Gasteiger partial charge in [0.05, 0.1) is 17.2 Å². The van der Waals surface area contributed by atoms with Crippen LogP contribution in [0.3, 0.4) is 0 Å². The van der Waals surface area contributed by atoms with E-state index in [1.165, 1.54) is 17.8 Å². The van der Waals surface area contributed by atoms with E-state index in [0.29, 0.717) is 10.9 Å². The summed E-state index contributed by atoms with van der Waals surface area (Å²) in [5.74, 6) is -1.70. The summed E-state index contributed by atoms with van der Waals surface area (Å²) < 4.78 is 1.26. The fourth-order valence-corrected chi connectivity index (χ4v) is 2.83. The molecule has 0 saturated carbocycles. The summed E-state index contributed by atoms with van der Waals surface area (Å²) in [6.07, 6.45) is 1.57. The lowest BCUT2D eigenvalue weighted by molar-refractivity contribution is -0.141. The Bertz CT molecular complexity index is 1030. The van der Waals surface area contributed by atoms with Gasteiger partial charge in [0.15, 0.2) is 0 Å². The van der Waals surface area contributed by atoms with E-state index in [1.54, 1.807) is 24.3 Å². The van der Waals surface area contributed by atoms with Gasteiger partial charge in [0.1, 0.15) is 12.1 Å². The minimum absolute atomic E-state index is 0.235. The molecule has 2 aromatic carbocycles. The minimum Gasteiger partial charge on any atom is -0.480 e. The van der Waals surface area contributed by atoms with Crippen LogP contribution >= 0.6 is 0 Å². The largest absolute Gasteiger partial charge is 0.480 e. The molecule has 1 aromatic heterocycles. The number of amides is 1. The van der Waals surface area contributed by atoms with Crippen LogP contribution in [0, 0.1) is 0 Å². The molecule has 0 saturated heterocycles. The molecule has 0 fully saturated rings. The lowest BCUT2D eigenvalue weighted by atomic mass is 10.0. The molecule has 7 nitrogen and oxygen atoms in total. The molecule has 0 aliphatic carbocycles. The number of aliphatic carboxylic acids is 1. The molecule has 3 rings (SSSR count). The third-order valence-electron chi connectivity index (χ3n) is 4.33. The summed E-state index contributed by atoms with van der Waals surface area (Å²) >= 11 is 0. The van der Waals surface area contributed by atoms with E-state index in [-0.39, 0.29) is 12.0 Å². The molecule has 0 spiro atoms. The number of rotatable bonds is 6. The average molecular weight is 365 g/mol. The molecule has 3 aromatic rings. The van der Waals surface area contributed by atoms with Gasteiger partial charge in [0.25, 0.3) is 5.56 Å². The Labute approximate surface area is 155 Å². The van der Waals surface area contributed by atoms with Gasteiger partial charge >= 0.3 is 5.97 Å². The highest BCUT2D eigenvalue weighted by molar-refractivity contribution is 5.86. The fraction of sp³-hybridized carbons (Fsp3) is 0.200. The van der Waals surface area contributed by atoms with Gasteiger partial charge in [-0.05, 0) is 24.6 Å². The van der Waals surface area contributed by atoms with Crippen molar-refractivity contribution in [3.63, 3.8) is 0 Å². The molecule has 2 N–H and O–H groups in total. The van der Waals surface area contributed by atoms with E-state index in [4.69, 9.17) is 5.11 Å². The molecular formula is C20H19N3O4. The summed E-state index contributed by atoms with van der Waals surface area (Å²) in [5.41, 5.74) is 1.04. The van der Waals surface area contributed by atoms with Crippen molar-refractivity contribution in [2.45, 2.75) is 25.4 Å². The van der Waals surface area contributed by atoms with E-state index < -0.39 is 24.0 Å². The van der Waals surface area contributed by atoms with E-state index in [0.717, 1.165) is 5.56 Å². The summed E-state index contributed by atoms with van der Waals surface area (Å²) in [4.78, 5) is 41.1. The van der Waals surface area contributed by atoms with Crippen LogP contribution in [-0.4, -0.2) is 32.6 Å². The van der Waals surface area contributed by atoms with Crippen molar-refractivity contribution in [2.75, 3.05) is 0 Å². The van der Waals surface area contributed by atoms with Crippen molar-refractivity contribution in [3.8, 4) is 0 Å². The maximum absolute atomic E-state index is 12.9. The molecule has 0 aliphatic rings. The van der Waals surface area contributed by atoms with Gasteiger partial charge in [-0.25, -0.2) is 4.98 Å². The SMILES string of the molecule is C[C@H](NC(=O)[C@H](Cc1ccccc1)n1cnc2ccccc2c1=O)C(=O)O. The van der Waals surface area contributed by atoms with Crippen LogP contribution < -0.4 is 10.9 Å². The number of hydrogen-bond donors (Lipinski definition) is 2. The van der Waals surface area contributed by atoms with Crippen LogP contribution in [0.15, 0.2) is 65.7 Å². The first-order valence-corrected chi connectivity index (χ1v) is 8.50. The Morgan fingerprint density at radius 1 is 1.11 bits per heavy atom. The highest BCUT2D eigenvalue weighted by Crippen LogP contribution is 2.15. The number of aromatic nitrogens is 2. The van der Waals surface area contributed by atoms with Crippen LogP contribution in [0.5, 0.6) is 0 Å². The lowest BCUT2D eigenvalue weighted by Crippen LogP contribution is -2.44. The molecule has 2 atom stereocenters. The number of benzene rings is 2. The molecule has 0 unspecified atom stereocenters. The first kappa shape index (κ1) is 18.3. The van der Waals surface area contributed by atoms with E-state index in [1.807, 2.05) is 30.3 Å². The van der Waals surface area contributed by atoms with Gasteiger partial charge in [-0.3, -0.25) is 19.0 Å². The summed E-state index contributed by atoms with van der Waals surface area (Å²) in [7, 11) is 0. The number of carboxylic acids is 1. The van der Waals surface area contributed by atoms with Crippen molar-refractivity contribution in [2.24, 2.45) is 0 Å². The molecular weight excluding hydrogens is 346 g/mol. The Balaban J connectivity index is 2.03. The van der Waals surface area contributed by atoms with Crippen molar-refractivity contribution >= 4 is 22.8 Å². The Kier molecular flexibility index (Phi) is 5.30. The van der Waals surface area contributed by atoms with Crippen molar-refractivity contribution < 1.29 is 14.7 Å². The summed E-state index contributed by atoms with van der Waals surface area (Å²) in [5, 5.41) is 11.9. The van der Waals surface area contributed by atoms with Crippen LogP contribution in [-0.2, 0) is 16.0 Å². The van der Waals surface area contributed by atoms with Gasteiger partial charge in [-0.2, -0.15) is 0 Å². The highest BCUT2D eigenvalue weighted by Gasteiger charge is 2.26. The predicted octanol–water partition coefficient (Wildman–Crippen LogP) is 1.77. The molecule has 138 valence electrons. The van der Waals surface area contributed by atoms with Crippen molar-refractivity contribution in [3.05, 3.63) is 76.8 Å². The molecule has 0 aliphatic heterocycles. The Hall–Kier alpha value is -3.48. The fourth-order valence-electron chi connectivity index (χ4n) is 2.83. The second-order valence-electron chi connectivity index (χ2n) is 6.25. The molecule has 27 heavy (non-hydrogen) atoms. The zero-order valence-corrected chi connectivity index (χ0v) is 14.7. The van der Waals surface area contributed by atoms with E-state index in [2.05, 4.69) is 10.3 Å². The monoisotopic (exact) mass is 365 g/mol. The number of para-hydroxylation sites is 1. The quantitative estimate of drug-likeness (QED) is 0.693. The molecule has 0 bridgehead atoms. The van der Waals surface area contributed by atoms with E-state index >= 15 is 0 Å². The van der Waals surface area contributed by atoms with E-state index in [9.17, 15) is 14.4 Å². The molecule has 1 heterocycles. The Morgan fingerprint density at radius 3 is 2.48 bits per heavy atom. The maximum atomic E-state index is 12.9. The minimum atomic E-state index is -1.15. The third-order valence-corrected chi connectivity index (χ3v) is 4.33. The average Bonchev–Trinajstić information content (AvgIpc) is 2.67. The number of nitrogens with one attached hydrogen (secondary N) is 1. The topological polar surface area (TPSA) is 101 Å². The zero-order valence-electron chi connectivity index (χ0n) is 14.7. The van der Waals surface area contributed by atoms with Crippen LogP contribution in [0.25, 0.3) is 10.9 Å². The lowest BCUT2D eigenvalue weighted by Gasteiger charge is -2.21. The smallest absolute Gasteiger partial charge is 0.325 e. The first-order valence-electron chi connectivity index (χ1n) is 8.50. The molecule has 1 amide bonds. The van der Waals surface area contributed by atoms with Crippen molar-refractivity contribution in [1.82, 2.24) is 14.9 Å². The summed E-state index contributed by atoms with van der Waals surface area (Å²) in [6.45, 7) is 1.38. The van der Waals surface area contributed by atoms with Gasteiger partial charge in [-0.1, -0.05) is 42.5 Å². The van der Waals surface area contributed by atoms with Gasteiger partial charge in [0.2, 0.25) is 5.91 Å². The number of nitrogens with zero attached hydrogens (tertiary/aromatic N) is 2. The predicted molar refractivity (Wildman–Crippen MR) is 100 cm³/mol. The second kappa shape index (κ2) is 7.82. The Morgan fingerprint density at radius 2 is 1.78 bits per heavy atom. The molecule has 0 radical (unpaired) electrons.